The van der Waals surface area contributed by atoms with Crippen LogP contribution in [0.15, 0.2) is 48.5 Å². The van der Waals surface area contributed by atoms with Crippen molar-refractivity contribution in [3.05, 3.63) is 65.7 Å². The summed E-state index contributed by atoms with van der Waals surface area (Å²) in [7, 11) is 0. The molecule has 0 N–H and O–H groups in total. The zero-order chi connectivity index (χ0) is 19.3. The average molecular weight is 360 g/mol. The van der Waals surface area contributed by atoms with Gasteiger partial charge in [-0.1, -0.05) is 30.3 Å². The first-order valence-electron chi connectivity index (χ1n) is 8.36. The number of halogens is 2. The lowest BCUT2D eigenvalue weighted by molar-refractivity contribution is -0.133. The van der Waals surface area contributed by atoms with Gasteiger partial charge in [0.2, 0.25) is 11.8 Å². The van der Waals surface area contributed by atoms with E-state index in [0.29, 0.717) is 12.6 Å². The van der Waals surface area contributed by atoms with Gasteiger partial charge in [0.05, 0.1) is 5.69 Å². The van der Waals surface area contributed by atoms with Crippen molar-refractivity contribution in [2.45, 2.75) is 33.4 Å². The van der Waals surface area contributed by atoms with Gasteiger partial charge in [-0.25, -0.2) is 8.78 Å². The number of hydrogen-bond donors (Lipinski definition) is 0. The Bertz CT molecular complexity index is 779. The highest BCUT2D eigenvalue weighted by molar-refractivity contribution is 5.97. The van der Waals surface area contributed by atoms with Gasteiger partial charge in [0.25, 0.3) is 0 Å². The van der Waals surface area contributed by atoms with Gasteiger partial charge in [0, 0.05) is 25.6 Å². The van der Waals surface area contributed by atoms with Crippen LogP contribution in [0.1, 0.15) is 26.3 Å². The van der Waals surface area contributed by atoms with Crippen molar-refractivity contribution in [3.8, 4) is 0 Å². The van der Waals surface area contributed by atoms with Crippen molar-refractivity contribution in [1.29, 1.82) is 0 Å². The second-order valence-electron chi connectivity index (χ2n) is 6.30. The fourth-order valence-electron chi connectivity index (χ4n) is 2.63. The number of carbonyl (C=O) groups is 2. The highest BCUT2D eigenvalue weighted by Crippen LogP contribution is 2.21. The Hall–Kier alpha value is -2.76. The summed E-state index contributed by atoms with van der Waals surface area (Å²) in [6.45, 7) is 5.06. The quantitative estimate of drug-likeness (QED) is 0.787. The van der Waals surface area contributed by atoms with E-state index >= 15 is 0 Å². The van der Waals surface area contributed by atoms with Gasteiger partial charge < -0.3 is 9.80 Å². The van der Waals surface area contributed by atoms with Crippen LogP contribution in [0.2, 0.25) is 0 Å². The van der Waals surface area contributed by atoms with Gasteiger partial charge in [-0.15, -0.1) is 0 Å². The molecule has 0 heterocycles. The van der Waals surface area contributed by atoms with E-state index in [-0.39, 0.29) is 24.2 Å². The van der Waals surface area contributed by atoms with Crippen molar-refractivity contribution < 1.29 is 18.4 Å². The van der Waals surface area contributed by atoms with Gasteiger partial charge in [-0.3, -0.25) is 9.59 Å². The summed E-state index contributed by atoms with van der Waals surface area (Å²) in [5.74, 6) is -2.43. The molecular weight excluding hydrogens is 338 g/mol. The summed E-state index contributed by atoms with van der Waals surface area (Å²) in [6, 6.07) is 12.3. The standard InChI is InChI=1S/C20H22F2N2O2/c1-14(2)23(12-16-7-5-4-6-8-16)20(26)13-24(15(3)25)19-10-9-17(21)11-18(19)22/h4-11,14H,12-13H2,1-3H3. The van der Waals surface area contributed by atoms with E-state index in [0.717, 1.165) is 22.6 Å². The molecule has 6 heteroatoms. The number of anilines is 1. The molecule has 4 nitrogen and oxygen atoms in total. The van der Waals surface area contributed by atoms with Gasteiger partial charge in [-0.2, -0.15) is 0 Å². The lowest BCUT2D eigenvalue weighted by Gasteiger charge is -2.30. The maximum absolute atomic E-state index is 14.1. The largest absolute Gasteiger partial charge is 0.334 e. The fraction of sp³-hybridized carbons (Fsp3) is 0.300. The zero-order valence-corrected chi connectivity index (χ0v) is 15.1. The minimum Gasteiger partial charge on any atom is -0.334 e. The first kappa shape index (κ1) is 19.6. The molecule has 0 atom stereocenters. The molecule has 138 valence electrons. The third-order valence-electron chi connectivity index (χ3n) is 4.01. The molecule has 0 aliphatic heterocycles. The van der Waals surface area contributed by atoms with Gasteiger partial charge in [-0.05, 0) is 31.5 Å². The molecule has 0 aromatic heterocycles. The fourth-order valence-corrected chi connectivity index (χ4v) is 2.63. The Labute approximate surface area is 152 Å². The molecular formula is C20H22F2N2O2. The molecule has 26 heavy (non-hydrogen) atoms. The molecule has 2 amide bonds. The minimum atomic E-state index is -0.882. The van der Waals surface area contributed by atoms with E-state index < -0.39 is 17.5 Å². The predicted octanol–water partition coefficient (Wildman–Crippen LogP) is 3.75. The molecule has 2 aromatic carbocycles. The number of nitrogens with zero attached hydrogens (tertiary/aromatic N) is 2. The smallest absolute Gasteiger partial charge is 0.243 e. The van der Waals surface area contributed by atoms with Gasteiger partial charge in [0.1, 0.15) is 18.2 Å². The van der Waals surface area contributed by atoms with Crippen LogP contribution in [0, 0.1) is 11.6 Å². The van der Waals surface area contributed by atoms with Crippen molar-refractivity contribution in [3.63, 3.8) is 0 Å². The molecule has 0 fully saturated rings. The molecule has 0 radical (unpaired) electrons. The van der Waals surface area contributed by atoms with Crippen molar-refractivity contribution >= 4 is 17.5 Å². The van der Waals surface area contributed by atoms with E-state index in [2.05, 4.69) is 0 Å². The lowest BCUT2D eigenvalue weighted by atomic mass is 10.2. The van der Waals surface area contributed by atoms with Crippen molar-refractivity contribution in [2.75, 3.05) is 11.4 Å². The number of rotatable bonds is 6. The number of hydrogen-bond acceptors (Lipinski definition) is 2. The Morgan fingerprint density at radius 2 is 1.69 bits per heavy atom. The topological polar surface area (TPSA) is 40.6 Å². The van der Waals surface area contributed by atoms with Crippen LogP contribution in [-0.4, -0.2) is 29.3 Å². The van der Waals surface area contributed by atoms with Crippen LogP contribution < -0.4 is 4.90 Å². The SMILES string of the molecule is CC(=O)N(CC(=O)N(Cc1ccccc1)C(C)C)c1ccc(F)cc1F. The Kier molecular flexibility index (Phi) is 6.44. The van der Waals surface area contributed by atoms with Gasteiger partial charge in [0.15, 0.2) is 0 Å². The summed E-state index contributed by atoms with van der Waals surface area (Å²) in [5.41, 5.74) is 0.840. The average Bonchev–Trinajstić information content (AvgIpc) is 2.58. The maximum Gasteiger partial charge on any atom is 0.243 e. The molecule has 2 rings (SSSR count). The van der Waals surface area contributed by atoms with E-state index in [4.69, 9.17) is 0 Å². The van der Waals surface area contributed by atoms with Crippen LogP contribution in [0.4, 0.5) is 14.5 Å². The normalized spacial score (nSPS) is 10.7. The predicted molar refractivity (Wildman–Crippen MR) is 96.5 cm³/mol. The van der Waals surface area contributed by atoms with Crippen LogP contribution in [0.3, 0.4) is 0 Å². The summed E-state index contributed by atoms with van der Waals surface area (Å²) >= 11 is 0. The van der Waals surface area contributed by atoms with Crippen molar-refractivity contribution in [1.82, 2.24) is 4.90 Å². The zero-order valence-electron chi connectivity index (χ0n) is 15.1. The Balaban J connectivity index is 2.22. The van der Waals surface area contributed by atoms with E-state index in [1.807, 2.05) is 44.2 Å². The molecule has 2 aromatic rings. The molecule has 0 aliphatic carbocycles. The number of benzene rings is 2. The minimum absolute atomic E-state index is 0.102. The van der Waals surface area contributed by atoms with E-state index in [1.165, 1.54) is 6.92 Å². The summed E-state index contributed by atoms with van der Waals surface area (Å²) in [5, 5.41) is 0. The number of amides is 2. The molecule has 0 saturated heterocycles. The molecule has 0 unspecified atom stereocenters. The highest BCUT2D eigenvalue weighted by atomic mass is 19.1. The molecule has 0 saturated carbocycles. The lowest BCUT2D eigenvalue weighted by Crippen LogP contribution is -2.45. The Morgan fingerprint density at radius 3 is 2.23 bits per heavy atom. The first-order chi connectivity index (χ1) is 12.3. The number of carbonyl (C=O) groups excluding carboxylic acids is 2. The van der Waals surface area contributed by atoms with Crippen LogP contribution >= 0.6 is 0 Å². The van der Waals surface area contributed by atoms with Crippen LogP contribution in [0.5, 0.6) is 0 Å². The maximum atomic E-state index is 14.1. The summed E-state index contributed by atoms with van der Waals surface area (Å²) in [6.07, 6.45) is 0. The van der Waals surface area contributed by atoms with Gasteiger partial charge >= 0.3 is 0 Å². The second kappa shape index (κ2) is 8.56. The van der Waals surface area contributed by atoms with Crippen LogP contribution in [0.25, 0.3) is 0 Å². The highest BCUT2D eigenvalue weighted by Gasteiger charge is 2.24. The Morgan fingerprint density at radius 1 is 1.04 bits per heavy atom. The summed E-state index contributed by atoms with van der Waals surface area (Å²) in [4.78, 5) is 27.4. The van der Waals surface area contributed by atoms with Crippen LogP contribution in [-0.2, 0) is 16.1 Å². The van der Waals surface area contributed by atoms with E-state index in [9.17, 15) is 18.4 Å². The monoisotopic (exact) mass is 360 g/mol. The third kappa shape index (κ3) is 4.88. The molecule has 0 bridgehead atoms. The van der Waals surface area contributed by atoms with E-state index in [1.54, 1.807) is 4.90 Å². The first-order valence-corrected chi connectivity index (χ1v) is 8.36. The summed E-state index contributed by atoms with van der Waals surface area (Å²) < 4.78 is 27.2. The third-order valence-corrected chi connectivity index (χ3v) is 4.01. The molecule has 0 spiro atoms. The second-order valence-corrected chi connectivity index (χ2v) is 6.30. The van der Waals surface area contributed by atoms with Crippen molar-refractivity contribution in [2.24, 2.45) is 0 Å². The molecule has 0 aliphatic rings.